The van der Waals surface area contributed by atoms with Gasteiger partial charge in [0.15, 0.2) is 0 Å². The van der Waals surface area contributed by atoms with Crippen molar-refractivity contribution in [2.24, 2.45) is 5.41 Å². The fourth-order valence-electron chi connectivity index (χ4n) is 3.07. The molecule has 7 heteroatoms. The van der Waals surface area contributed by atoms with Gasteiger partial charge in [-0.1, -0.05) is 0 Å². The van der Waals surface area contributed by atoms with Crippen molar-refractivity contribution in [2.75, 3.05) is 39.9 Å². The normalized spacial score (nSPS) is 29.3. The predicted octanol–water partition coefficient (Wildman–Crippen LogP) is 0.739. The molecule has 0 bridgehead atoms. The number of halogens is 2. The Balaban J connectivity index is 2.16. The highest BCUT2D eigenvalue weighted by atomic mass is 19.3. The van der Waals surface area contributed by atoms with Crippen molar-refractivity contribution in [1.82, 2.24) is 9.80 Å². The van der Waals surface area contributed by atoms with Gasteiger partial charge in [0.25, 0.3) is 5.92 Å². The fourth-order valence-corrected chi connectivity index (χ4v) is 3.07. The maximum Gasteiger partial charge on any atom is 0.266 e. The minimum absolute atomic E-state index is 0.0671. The van der Waals surface area contributed by atoms with E-state index in [4.69, 9.17) is 4.74 Å². The minimum atomic E-state index is -3.03. The zero-order chi connectivity index (χ0) is 15.0. The van der Waals surface area contributed by atoms with E-state index in [1.165, 1.54) is 4.90 Å². The highest BCUT2D eigenvalue weighted by Crippen LogP contribution is 2.45. The van der Waals surface area contributed by atoms with Gasteiger partial charge in [-0.15, -0.1) is 0 Å². The van der Waals surface area contributed by atoms with Gasteiger partial charge in [0.1, 0.15) is 6.61 Å². The lowest BCUT2D eigenvalue weighted by Crippen LogP contribution is -2.57. The summed E-state index contributed by atoms with van der Waals surface area (Å²) in [6.45, 7) is 1.77. The molecule has 0 N–H and O–H groups in total. The van der Waals surface area contributed by atoms with E-state index in [1.807, 2.05) is 0 Å². The van der Waals surface area contributed by atoms with Gasteiger partial charge in [-0.3, -0.25) is 9.59 Å². The predicted molar refractivity (Wildman–Crippen MR) is 67.3 cm³/mol. The second-order valence-electron chi connectivity index (χ2n) is 5.68. The summed E-state index contributed by atoms with van der Waals surface area (Å²) in [6, 6.07) is 0. The van der Waals surface area contributed by atoms with Gasteiger partial charge < -0.3 is 14.5 Å². The number of hydrogen-bond acceptors (Lipinski definition) is 3. The first-order chi connectivity index (χ1) is 9.30. The second-order valence-corrected chi connectivity index (χ2v) is 5.68. The molecule has 20 heavy (non-hydrogen) atoms. The van der Waals surface area contributed by atoms with Crippen LogP contribution in [-0.2, 0) is 14.3 Å². The van der Waals surface area contributed by atoms with E-state index in [0.29, 0.717) is 19.6 Å². The number of ether oxygens (including phenoxy) is 1. The minimum Gasteiger partial charge on any atom is -0.372 e. The maximum absolute atomic E-state index is 13.9. The van der Waals surface area contributed by atoms with Gasteiger partial charge in [0, 0.05) is 33.2 Å². The summed E-state index contributed by atoms with van der Waals surface area (Å²) in [4.78, 5) is 26.6. The number of likely N-dealkylation sites (tertiary alicyclic amines) is 2. The summed E-state index contributed by atoms with van der Waals surface area (Å²) in [5.74, 6) is -3.79. The van der Waals surface area contributed by atoms with E-state index in [9.17, 15) is 18.4 Å². The van der Waals surface area contributed by atoms with Crippen LogP contribution in [0.3, 0.4) is 0 Å². The van der Waals surface area contributed by atoms with Gasteiger partial charge in [-0.05, 0) is 13.3 Å². The van der Waals surface area contributed by atoms with Gasteiger partial charge in [-0.25, -0.2) is 8.78 Å². The maximum atomic E-state index is 13.9. The first-order valence-corrected chi connectivity index (χ1v) is 6.79. The van der Waals surface area contributed by atoms with Crippen molar-refractivity contribution in [3.63, 3.8) is 0 Å². The van der Waals surface area contributed by atoms with Crippen LogP contribution in [0.2, 0.25) is 0 Å². The van der Waals surface area contributed by atoms with Crippen LogP contribution in [0.1, 0.15) is 19.8 Å². The Morgan fingerprint density at radius 3 is 2.65 bits per heavy atom. The molecular formula is C13H20F2N2O3. The number of piperidine rings is 1. The Bertz CT molecular complexity index is 416. The molecule has 0 aromatic heterocycles. The van der Waals surface area contributed by atoms with E-state index in [1.54, 1.807) is 14.0 Å². The second kappa shape index (κ2) is 5.27. The van der Waals surface area contributed by atoms with E-state index < -0.39 is 30.2 Å². The number of nitrogens with zero attached hydrogens (tertiary/aromatic N) is 2. The summed E-state index contributed by atoms with van der Waals surface area (Å²) in [5, 5.41) is 0. The van der Waals surface area contributed by atoms with E-state index in [0.717, 1.165) is 4.90 Å². The van der Waals surface area contributed by atoms with Gasteiger partial charge in [-0.2, -0.15) is 0 Å². The van der Waals surface area contributed by atoms with Crippen molar-refractivity contribution in [1.29, 1.82) is 0 Å². The largest absolute Gasteiger partial charge is 0.372 e. The molecule has 2 rings (SSSR count). The van der Waals surface area contributed by atoms with E-state index in [-0.39, 0.29) is 19.1 Å². The van der Waals surface area contributed by atoms with Gasteiger partial charge >= 0.3 is 0 Å². The van der Waals surface area contributed by atoms with Crippen molar-refractivity contribution < 1.29 is 23.1 Å². The Labute approximate surface area is 116 Å². The number of carbonyl (C=O) groups excluding carboxylic acids is 2. The number of carbonyl (C=O) groups is 2. The molecule has 2 aliphatic heterocycles. The molecule has 0 aliphatic carbocycles. The number of amides is 2. The summed E-state index contributed by atoms with van der Waals surface area (Å²) in [5.41, 5.74) is -1.13. The Morgan fingerprint density at radius 2 is 2.10 bits per heavy atom. The molecule has 0 aromatic carbocycles. The molecule has 0 aromatic rings. The first-order valence-electron chi connectivity index (χ1n) is 6.79. The SMILES string of the molecule is CCOCC(=O)N1CC(F)(F)C[C@@]2(CCN(C)C2=O)C1. The molecule has 1 atom stereocenters. The molecule has 2 fully saturated rings. The standard InChI is InChI=1S/C13H20F2N2O3/c1-3-20-6-10(18)17-8-12(7-13(14,15)9-17)4-5-16(2)11(12)19/h3-9H2,1-2H3/t12-/m0/s1. The molecule has 114 valence electrons. The molecular weight excluding hydrogens is 270 g/mol. The van der Waals surface area contributed by atoms with Crippen LogP contribution in [0, 0.1) is 5.41 Å². The lowest BCUT2D eigenvalue weighted by atomic mass is 9.77. The van der Waals surface area contributed by atoms with Crippen LogP contribution in [0.25, 0.3) is 0 Å². The van der Waals surface area contributed by atoms with Crippen LogP contribution in [0.5, 0.6) is 0 Å². The fraction of sp³-hybridized carbons (Fsp3) is 0.846. The third kappa shape index (κ3) is 2.77. The Hall–Kier alpha value is -1.24. The molecule has 0 radical (unpaired) electrons. The smallest absolute Gasteiger partial charge is 0.266 e. The molecule has 2 amide bonds. The van der Waals surface area contributed by atoms with Crippen molar-refractivity contribution in [3.8, 4) is 0 Å². The van der Waals surface area contributed by atoms with Crippen LogP contribution in [0.4, 0.5) is 8.78 Å². The zero-order valence-corrected chi connectivity index (χ0v) is 11.8. The van der Waals surface area contributed by atoms with Crippen LogP contribution in [-0.4, -0.2) is 67.4 Å². The molecule has 2 heterocycles. The van der Waals surface area contributed by atoms with E-state index >= 15 is 0 Å². The first kappa shape index (κ1) is 15.2. The topological polar surface area (TPSA) is 49.9 Å². The number of hydrogen-bond donors (Lipinski definition) is 0. The third-order valence-corrected chi connectivity index (χ3v) is 4.02. The van der Waals surface area contributed by atoms with Gasteiger partial charge in [0.2, 0.25) is 11.8 Å². The molecule has 2 saturated heterocycles. The molecule has 2 aliphatic rings. The highest BCUT2D eigenvalue weighted by Gasteiger charge is 2.56. The van der Waals surface area contributed by atoms with Gasteiger partial charge in [0.05, 0.1) is 12.0 Å². The monoisotopic (exact) mass is 290 g/mol. The lowest BCUT2D eigenvalue weighted by Gasteiger charge is -2.42. The molecule has 1 spiro atoms. The van der Waals surface area contributed by atoms with Crippen molar-refractivity contribution >= 4 is 11.8 Å². The number of rotatable bonds is 3. The number of alkyl halides is 2. The third-order valence-electron chi connectivity index (χ3n) is 4.02. The highest BCUT2D eigenvalue weighted by molar-refractivity contribution is 5.86. The summed E-state index contributed by atoms with van der Waals surface area (Å²) < 4.78 is 32.8. The van der Waals surface area contributed by atoms with Crippen LogP contribution < -0.4 is 0 Å². The quantitative estimate of drug-likeness (QED) is 0.770. The zero-order valence-electron chi connectivity index (χ0n) is 11.8. The van der Waals surface area contributed by atoms with E-state index in [2.05, 4.69) is 0 Å². The van der Waals surface area contributed by atoms with Crippen LogP contribution >= 0.6 is 0 Å². The van der Waals surface area contributed by atoms with Crippen molar-refractivity contribution in [3.05, 3.63) is 0 Å². The molecule has 0 saturated carbocycles. The van der Waals surface area contributed by atoms with Crippen molar-refractivity contribution in [2.45, 2.75) is 25.7 Å². The molecule has 5 nitrogen and oxygen atoms in total. The summed E-state index contributed by atoms with van der Waals surface area (Å²) in [7, 11) is 1.61. The summed E-state index contributed by atoms with van der Waals surface area (Å²) >= 11 is 0. The average Bonchev–Trinajstić information content (AvgIpc) is 2.62. The Kier molecular flexibility index (Phi) is 4.00. The lowest BCUT2D eigenvalue weighted by molar-refractivity contribution is -0.165. The van der Waals surface area contributed by atoms with Crippen LogP contribution in [0.15, 0.2) is 0 Å². The average molecular weight is 290 g/mol. The Morgan fingerprint density at radius 1 is 1.40 bits per heavy atom. The molecule has 0 unspecified atom stereocenters. The summed E-state index contributed by atoms with van der Waals surface area (Å²) in [6.07, 6.45) is -0.0993.